The zero-order valence-corrected chi connectivity index (χ0v) is 32.1. The van der Waals surface area contributed by atoms with Gasteiger partial charge in [-0.15, -0.1) is 0 Å². The van der Waals surface area contributed by atoms with Crippen molar-refractivity contribution in [2.75, 3.05) is 25.4 Å². The fourth-order valence-corrected chi connectivity index (χ4v) is 10.1. The Morgan fingerprint density at radius 1 is 1.08 bits per heavy atom. The summed E-state index contributed by atoms with van der Waals surface area (Å²) in [6.45, 7) is 8.23. The van der Waals surface area contributed by atoms with Crippen molar-refractivity contribution < 1.29 is 31.9 Å². The van der Waals surface area contributed by atoms with E-state index in [1.807, 2.05) is 19.1 Å². The topological polar surface area (TPSA) is 142 Å². The first-order valence-corrected chi connectivity index (χ1v) is 20.4. The van der Waals surface area contributed by atoms with Crippen molar-refractivity contribution in [1.82, 2.24) is 9.21 Å². The number of fused-ring (bicyclic) bond motifs is 2. The van der Waals surface area contributed by atoms with Gasteiger partial charge in [0.15, 0.2) is 0 Å². The third-order valence-electron chi connectivity index (χ3n) is 10.6. The number of ketones is 1. The lowest BCUT2D eigenvalue weighted by Gasteiger charge is -2.44. The minimum Gasteiger partial charge on any atom is -0.444 e. The highest BCUT2D eigenvalue weighted by atomic mass is 35.5. The van der Waals surface area contributed by atoms with Crippen molar-refractivity contribution in [3.05, 3.63) is 80.4 Å². The van der Waals surface area contributed by atoms with Gasteiger partial charge in [0, 0.05) is 54.1 Å². The van der Waals surface area contributed by atoms with Gasteiger partial charge in [0.1, 0.15) is 23.2 Å². The molecule has 1 unspecified atom stereocenters. The highest BCUT2D eigenvalue weighted by Crippen LogP contribution is 2.41. The van der Waals surface area contributed by atoms with Gasteiger partial charge in [-0.05, 0) is 125 Å². The van der Waals surface area contributed by atoms with Crippen LogP contribution in [0.2, 0.25) is 5.02 Å². The number of nitrogens with zero attached hydrogens (tertiary/aromatic N) is 5. The molecular formula is C38H51ClFN5O6S. The predicted molar refractivity (Wildman–Crippen MR) is 198 cm³/mol. The van der Waals surface area contributed by atoms with Crippen LogP contribution in [0.5, 0.6) is 0 Å². The molecule has 3 fully saturated rings. The van der Waals surface area contributed by atoms with E-state index in [-0.39, 0.29) is 62.0 Å². The standard InChI is InChI=1S/C38H51ClFN5O6S/c1-5-50-31-18-13-26(14-19-31)35(25-11-15-28(39)16-12-25)36(42-43-41)34(46)22-27-8-6-10-33(40)32(27)20-17-30-23-44(37(47)51-38(2,3)4)29-9-7-21-52(48,49)45(30)24-29/h6,8,10-12,15-16,26,29-31,35-36H,5,7,9,13-14,17-24H2,1-4H3/t26?,29-,30+,31?,35+,36-/m1/s1. The van der Waals surface area contributed by atoms with Crippen molar-refractivity contribution in [1.29, 1.82) is 0 Å². The average molecular weight is 760 g/mol. The van der Waals surface area contributed by atoms with Gasteiger partial charge in [-0.1, -0.05) is 41.0 Å². The number of piperazine rings is 1. The Balaban J connectivity index is 1.39. The van der Waals surface area contributed by atoms with E-state index < -0.39 is 45.5 Å². The number of hydrogen-bond donors (Lipinski definition) is 0. The first kappa shape index (κ1) is 40.0. The maximum absolute atomic E-state index is 15.7. The van der Waals surface area contributed by atoms with Crippen LogP contribution in [-0.4, -0.2) is 84.8 Å². The van der Waals surface area contributed by atoms with Crippen LogP contribution in [0, 0.1) is 11.7 Å². The quantitative estimate of drug-likeness (QED) is 0.122. The molecule has 14 heteroatoms. The number of carbonyl (C=O) groups excluding carboxylic acids is 2. The van der Waals surface area contributed by atoms with Gasteiger partial charge in [-0.25, -0.2) is 17.6 Å². The summed E-state index contributed by atoms with van der Waals surface area (Å²) in [5.74, 6) is -1.23. The van der Waals surface area contributed by atoms with E-state index in [4.69, 9.17) is 21.1 Å². The lowest BCUT2D eigenvalue weighted by molar-refractivity contribution is -0.120. The first-order valence-electron chi connectivity index (χ1n) is 18.4. The molecule has 2 heterocycles. The summed E-state index contributed by atoms with van der Waals surface area (Å²) in [7, 11) is -3.60. The molecule has 52 heavy (non-hydrogen) atoms. The zero-order chi connectivity index (χ0) is 37.6. The normalized spacial score (nSPS) is 25.7. The van der Waals surface area contributed by atoms with Gasteiger partial charge in [0.05, 0.1) is 11.9 Å². The monoisotopic (exact) mass is 759 g/mol. The molecule has 284 valence electrons. The van der Waals surface area contributed by atoms with Crippen LogP contribution in [0.15, 0.2) is 47.6 Å². The van der Waals surface area contributed by atoms with Crippen LogP contribution in [0.4, 0.5) is 9.18 Å². The zero-order valence-electron chi connectivity index (χ0n) is 30.5. The first-order chi connectivity index (χ1) is 24.7. The van der Waals surface area contributed by atoms with Crippen LogP contribution >= 0.6 is 11.6 Å². The van der Waals surface area contributed by atoms with Gasteiger partial charge in [-0.3, -0.25) is 4.79 Å². The number of hydrogen-bond acceptors (Lipinski definition) is 7. The molecule has 1 amide bonds. The molecule has 2 aromatic carbocycles. The molecule has 0 N–H and O–H groups in total. The second kappa shape index (κ2) is 17.3. The number of carbonyl (C=O) groups is 2. The Morgan fingerprint density at radius 3 is 2.44 bits per heavy atom. The number of benzene rings is 2. The largest absolute Gasteiger partial charge is 0.444 e. The van der Waals surface area contributed by atoms with Crippen molar-refractivity contribution in [3.63, 3.8) is 0 Å². The fourth-order valence-electron chi connectivity index (χ4n) is 8.20. The molecular weight excluding hydrogens is 709 g/mol. The van der Waals surface area contributed by atoms with E-state index in [0.717, 1.165) is 31.2 Å². The molecule has 0 aromatic heterocycles. The third kappa shape index (κ3) is 9.85. The van der Waals surface area contributed by atoms with E-state index in [1.54, 1.807) is 49.9 Å². The van der Waals surface area contributed by atoms with Crippen LogP contribution < -0.4 is 0 Å². The van der Waals surface area contributed by atoms with Crippen LogP contribution in [0.1, 0.15) is 95.2 Å². The minimum absolute atomic E-state index is 0.0233. The molecule has 1 aliphatic carbocycles. The van der Waals surface area contributed by atoms with Crippen LogP contribution in [0.3, 0.4) is 0 Å². The molecule has 5 atom stereocenters. The SMILES string of the molecule is CCOC1CCC([C@H](c2ccc(Cl)cc2)[C@H](N=[N+]=[N-])C(=O)Cc2cccc(F)c2CC[C@H]2CN(C(=O)OC(C)(C)C)[C@@H]3CCCS(=O)(=O)N2C3)CC1. The van der Waals surface area contributed by atoms with Gasteiger partial charge in [-0.2, -0.15) is 4.31 Å². The van der Waals surface area contributed by atoms with Crippen LogP contribution in [-0.2, 0) is 37.1 Å². The number of azide groups is 1. The van der Waals surface area contributed by atoms with Crippen molar-refractivity contribution >= 4 is 33.5 Å². The third-order valence-corrected chi connectivity index (χ3v) is 12.8. The molecule has 0 spiro atoms. The Labute approximate surface area is 311 Å². The number of sulfonamides is 1. The summed E-state index contributed by atoms with van der Waals surface area (Å²) in [6.07, 6.45) is 4.03. The minimum atomic E-state index is -3.60. The number of amides is 1. The molecule has 2 aliphatic heterocycles. The van der Waals surface area contributed by atoms with Crippen LogP contribution in [0.25, 0.3) is 10.4 Å². The molecule has 2 saturated heterocycles. The lowest BCUT2D eigenvalue weighted by atomic mass is 9.71. The molecule has 3 aliphatic rings. The fraction of sp³-hybridized carbons (Fsp3) is 0.632. The Bertz CT molecular complexity index is 1720. The lowest BCUT2D eigenvalue weighted by Crippen LogP contribution is -2.60. The Hall–Kier alpha value is -3.22. The number of rotatable bonds is 12. The van der Waals surface area contributed by atoms with Gasteiger partial charge in [0.2, 0.25) is 10.0 Å². The molecule has 2 aromatic rings. The Morgan fingerprint density at radius 2 is 1.79 bits per heavy atom. The van der Waals surface area contributed by atoms with E-state index in [2.05, 4.69) is 10.0 Å². The van der Waals surface area contributed by atoms with Gasteiger partial charge in [0.25, 0.3) is 0 Å². The smallest absolute Gasteiger partial charge is 0.410 e. The van der Waals surface area contributed by atoms with Crippen molar-refractivity contribution in [3.8, 4) is 0 Å². The summed E-state index contributed by atoms with van der Waals surface area (Å²) >= 11 is 6.22. The highest BCUT2D eigenvalue weighted by Gasteiger charge is 2.44. The Kier molecular flexibility index (Phi) is 13.3. The molecule has 11 nitrogen and oxygen atoms in total. The summed E-state index contributed by atoms with van der Waals surface area (Å²) in [5.41, 5.74) is 10.6. The number of ether oxygens (including phenoxy) is 2. The summed E-state index contributed by atoms with van der Waals surface area (Å²) in [5, 5.41) is 4.63. The predicted octanol–water partition coefficient (Wildman–Crippen LogP) is 7.99. The van der Waals surface area contributed by atoms with E-state index >= 15 is 4.39 Å². The maximum Gasteiger partial charge on any atom is 0.410 e. The summed E-state index contributed by atoms with van der Waals surface area (Å²) < 4.78 is 55.4. The maximum atomic E-state index is 15.7. The number of halogens is 2. The van der Waals surface area contributed by atoms with Crippen molar-refractivity contribution in [2.45, 2.75) is 121 Å². The molecule has 5 rings (SSSR count). The number of Topliss-reactive ketones (excluding diaryl/α,β-unsaturated/α-hetero) is 1. The molecule has 2 bridgehead atoms. The average Bonchev–Trinajstić information content (AvgIpc) is 3.21. The molecule has 0 radical (unpaired) electrons. The second-order valence-electron chi connectivity index (χ2n) is 15.2. The van der Waals surface area contributed by atoms with Gasteiger partial charge < -0.3 is 14.4 Å². The molecule has 1 saturated carbocycles. The second-order valence-corrected chi connectivity index (χ2v) is 17.7. The summed E-state index contributed by atoms with van der Waals surface area (Å²) in [6, 6.07) is 9.87. The summed E-state index contributed by atoms with van der Waals surface area (Å²) in [4.78, 5) is 32.3. The van der Waals surface area contributed by atoms with Gasteiger partial charge >= 0.3 is 6.09 Å². The van der Waals surface area contributed by atoms with E-state index in [9.17, 15) is 23.5 Å². The van der Waals surface area contributed by atoms with E-state index in [1.165, 1.54) is 10.4 Å². The van der Waals surface area contributed by atoms with Crippen molar-refractivity contribution in [2.24, 2.45) is 11.0 Å². The van der Waals surface area contributed by atoms with E-state index in [0.29, 0.717) is 35.6 Å². The highest BCUT2D eigenvalue weighted by molar-refractivity contribution is 7.89.